The standard InChI is InChI=1S/C12H14ClN3O3/c13-7-2-1-3-8(6-7)15-16-12(19)10-9(17)4-5-14-11(10)18/h1-3,6,9-10,15,17H,4-5H2,(H,14,18)(H,16,19). The van der Waals surface area contributed by atoms with Crippen LogP contribution in [0, 0.1) is 5.92 Å². The molecule has 102 valence electrons. The van der Waals surface area contributed by atoms with Crippen LogP contribution < -0.4 is 16.2 Å². The summed E-state index contributed by atoms with van der Waals surface area (Å²) in [7, 11) is 0. The lowest BCUT2D eigenvalue weighted by atomic mass is 9.95. The number of hydrogen-bond acceptors (Lipinski definition) is 4. The number of rotatable bonds is 3. The monoisotopic (exact) mass is 283 g/mol. The molecular formula is C12H14ClN3O3. The van der Waals surface area contributed by atoms with E-state index in [0.29, 0.717) is 23.7 Å². The van der Waals surface area contributed by atoms with E-state index in [1.54, 1.807) is 24.3 Å². The maximum atomic E-state index is 11.8. The summed E-state index contributed by atoms with van der Waals surface area (Å²) < 4.78 is 0. The molecule has 1 heterocycles. The van der Waals surface area contributed by atoms with Crippen molar-refractivity contribution in [1.82, 2.24) is 10.7 Å². The van der Waals surface area contributed by atoms with Crippen molar-refractivity contribution in [3.05, 3.63) is 29.3 Å². The summed E-state index contributed by atoms with van der Waals surface area (Å²) in [6.07, 6.45) is -0.601. The van der Waals surface area contributed by atoms with Crippen molar-refractivity contribution in [1.29, 1.82) is 0 Å². The Morgan fingerprint density at radius 3 is 2.95 bits per heavy atom. The third-order valence-electron chi connectivity index (χ3n) is 2.84. The number of carbonyl (C=O) groups excluding carboxylic acids is 2. The zero-order valence-electron chi connectivity index (χ0n) is 10.0. The number of aliphatic hydroxyl groups is 1. The number of halogens is 1. The van der Waals surface area contributed by atoms with E-state index >= 15 is 0 Å². The van der Waals surface area contributed by atoms with Crippen LogP contribution in [0.15, 0.2) is 24.3 Å². The Hall–Kier alpha value is -1.79. The molecule has 0 aromatic heterocycles. The summed E-state index contributed by atoms with van der Waals surface area (Å²) in [6, 6.07) is 6.76. The number of nitrogens with one attached hydrogen (secondary N) is 3. The fraction of sp³-hybridized carbons (Fsp3) is 0.333. The van der Waals surface area contributed by atoms with Crippen molar-refractivity contribution in [3.63, 3.8) is 0 Å². The SMILES string of the molecule is O=C1NCCC(O)C1C(=O)NNc1cccc(Cl)c1. The minimum absolute atomic E-state index is 0.362. The Bertz CT molecular complexity index is 495. The van der Waals surface area contributed by atoms with Gasteiger partial charge < -0.3 is 10.4 Å². The van der Waals surface area contributed by atoms with Gasteiger partial charge in [-0.05, 0) is 24.6 Å². The quantitative estimate of drug-likeness (QED) is 0.474. The third kappa shape index (κ3) is 3.36. The Kier molecular flexibility index (Phi) is 4.24. The van der Waals surface area contributed by atoms with E-state index < -0.39 is 23.8 Å². The molecule has 0 aliphatic carbocycles. The van der Waals surface area contributed by atoms with Gasteiger partial charge in [0.25, 0.3) is 5.91 Å². The van der Waals surface area contributed by atoms with Gasteiger partial charge in [0.05, 0.1) is 11.8 Å². The van der Waals surface area contributed by atoms with Crippen molar-refractivity contribution in [2.45, 2.75) is 12.5 Å². The minimum Gasteiger partial charge on any atom is -0.392 e. The molecular weight excluding hydrogens is 270 g/mol. The molecule has 2 atom stereocenters. The van der Waals surface area contributed by atoms with E-state index in [-0.39, 0.29) is 0 Å². The number of hydrazine groups is 1. The molecule has 0 bridgehead atoms. The van der Waals surface area contributed by atoms with Gasteiger partial charge in [0, 0.05) is 11.6 Å². The molecule has 1 aliphatic heterocycles. The summed E-state index contributed by atoms with van der Waals surface area (Å²) in [5, 5.41) is 12.7. The number of piperidine rings is 1. The first-order chi connectivity index (χ1) is 9.08. The Balaban J connectivity index is 1.95. The normalized spacial score (nSPS) is 22.5. The van der Waals surface area contributed by atoms with Crippen LogP contribution in [0.4, 0.5) is 5.69 Å². The van der Waals surface area contributed by atoms with E-state index in [1.165, 1.54) is 0 Å². The molecule has 1 aromatic rings. The summed E-state index contributed by atoms with van der Waals surface area (Å²) >= 11 is 5.80. The van der Waals surface area contributed by atoms with Crippen LogP contribution in [0.5, 0.6) is 0 Å². The van der Waals surface area contributed by atoms with Gasteiger partial charge in [-0.15, -0.1) is 0 Å². The van der Waals surface area contributed by atoms with Crippen LogP contribution in [-0.4, -0.2) is 29.6 Å². The van der Waals surface area contributed by atoms with Gasteiger partial charge in [0.15, 0.2) is 0 Å². The van der Waals surface area contributed by atoms with Crippen LogP contribution in [-0.2, 0) is 9.59 Å². The van der Waals surface area contributed by atoms with E-state index in [9.17, 15) is 14.7 Å². The van der Waals surface area contributed by atoms with E-state index in [1.807, 2.05) is 0 Å². The smallest absolute Gasteiger partial charge is 0.253 e. The average molecular weight is 284 g/mol. The summed E-state index contributed by atoms with van der Waals surface area (Å²) in [4.78, 5) is 23.4. The van der Waals surface area contributed by atoms with Crippen molar-refractivity contribution < 1.29 is 14.7 Å². The summed E-state index contributed by atoms with van der Waals surface area (Å²) in [5.74, 6) is -2.14. The molecule has 7 heteroatoms. The molecule has 0 spiro atoms. The topological polar surface area (TPSA) is 90.5 Å². The second-order valence-electron chi connectivity index (χ2n) is 4.25. The fourth-order valence-corrected chi connectivity index (χ4v) is 2.06. The van der Waals surface area contributed by atoms with Gasteiger partial charge in [-0.1, -0.05) is 17.7 Å². The van der Waals surface area contributed by atoms with Crippen LogP contribution in [0.2, 0.25) is 5.02 Å². The maximum Gasteiger partial charge on any atom is 0.253 e. The molecule has 2 amide bonds. The molecule has 1 saturated heterocycles. The highest BCUT2D eigenvalue weighted by molar-refractivity contribution is 6.30. The average Bonchev–Trinajstić information content (AvgIpc) is 2.36. The van der Waals surface area contributed by atoms with Crippen LogP contribution in [0.3, 0.4) is 0 Å². The first-order valence-electron chi connectivity index (χ1n) is 5.85. The first kappa shape index (κ1) is 13.6. The number of benzene rings is 1. The highest BCUT2D eigenvalue weighted by Gasteiger charge is 2.36. The van der Waals surface area contributed by atoms with Crippen LogP contribution in [0.25, 0.3) is 0 Å². The highest BCUT2D eigenvalue weighted by atomic mass is 35.5. The lowest BCUT2D eigenvalue weighted by Gasteiger charge is -2.26. The lowest BCUT2D eigenvalue weighted by Crippen LogP contribution is -2.52. The minimum atomic E-state index is -1.10. The maximum absolute atomic E-state index is 11.8. The van der Waals surface area contributed by atoms with E-state index in [0.717, 1.165) is 0 Å². The van der Waals surface area contributed by atoms with Gasteiger partial charge in [-0.25, -0.2) is 0 Å². The molecule has 0 radical (unpaired) electrons. The van der Waals surface area contributed by atoms with Gasteiger partial charge in [0.2, 0.25) is 5.91 Å². The van der Waals surface area contributed by atoms with E-state index in [2.05, 4.69) is 16.2 Å². The van der Waals surface area contributed by atoms with Crippen LogP contribution in [0.1, 0.15) is 6.42 Å². The predicted molar refractivity (Wildman–Crippen MR) is 70.3 cm³/mol. The van der Waals surface area contributed by atoms with Crippen LogP contribution >= 0.6 is 11.6 Å². The molecule has 0 saturated carbocycles. The second kappa shape index (κ2) is 5.90. The Labute approximate surface area is 115 Å². The first-order valence-corrected chi connectivity index (χ1v) is 6.23. The van der Waals surface area contributed by atoms with Gasteiger partial charge in [-0.2, -0.15) is 0 Å². The van der Waals surface area contributed by atoms with Crippen molar-refractivity contribution >= 4 is 29.1 Å². The molecule has 2 unspecified atom stereocenters. The lowest BCUT2D eigenvalue weighted by molar-refractivity contribution is -0.142. The third-order valence-corrected chi connectivity index (χ3v) is 3.08. The molecule has 6 nitrogen and oxygen atoms in total. The highest BCUT2D eigenvalue weighted by Crippen LogP contribution is 2.15. The number of anilines is 1. The number of amides is 2. The molecule has 4 N–H and O–H groups in total. The fourth-order valence-electron chi connectivity index (χ4n) is 1.87. The number of carbonyl (C=O) groups is 2. The zero-order valence-corrected chi connectivity index (χ0v) is 10.8. The van der Waals surface area contributed by atoms with E-state index in [4.69, 9.17) is 11.6 Å². The van der Waals surface area contributed by atoms with Gasteiger partial charge >= 0.3 is 0 Å². The summed E-state index contributed by atoms with van der Waals surface area (Å²) in [6.45, 7) is 0.380. The second-order valence-corrected chi connectivity index (χ2v) is 4.69. The van der Waals surface area contributed by atoms with Crippen molar-refractivity contribution in [2.24, 2.45) is 5.92 Å². The number of hydrogen-bond donors (Lipinski definition) is 4. The number of aliphatic hydroxyl groups excluding tert-OH is 1. The predicted octanol–water partition coefficient (Wildman–Crippen LogP) is 0.280. The molecule has 1 fully saturated rings. The molecule has 2 rings (SSSR count). The van der Waals surface area contributed by atoms with Crippen molar-refractivity contribution in [3.8, 4) is 0 Å². The van der Waals surface area contributed by atoms with Crippen molar-refractivity contribution in [2.75, 3.05) is 12.0 Å². The molecule has 1 aliphatic rings. The summed E-state index contributed by atoms with van der Waals surface area (Å²) in [5.41, 5.74) is 5.63. The molecule has 1 aromatic carbocycles. The molecule has 19 heavy (non-hydrogen) atoms. The Morgan fingerprint density at radius 1 is 1.47 bits per heavy atom. The Morgan fingerprint density at radius 2 is 2.26 bits per heavy atom. The van der Waals surface area contributed by atoms with Gasteiger partial charge in [-0.3, -0.25) is 20.4 Å². The largest absolute Gasteiger partial charge is 0.392 e. The zero-order chi connectivity index (χ0) is 13.8. The van der Waals surface area contributed by atoms with Gasteiger partial charge in [0.1, 0.15) is 5.92 Å².